The number of nitrogens with zero attached hydrogens (tertiary/aromatic N) is 1. The van der Waals surface area contributed by atoms with Crippen molar-refractivity contribution in [2.24, 2.45) is 0 Å². The Hall–Kier alpha value is -3.47. The van der Waals surface area contributed by atoms with E-state index in [2.05, 4.69) is 4.98 Å². The van der Waals surface area contributed by atoms with Gasteiger partial charge in [-0.05, 0) is 43.4 Å². The zero-order valence-electron chi connectivity index (χ0n) is 15.9. The summed E-state index contributed by atoms with van der Waals surface area (Å²) < 4.78 is 5.51. The van der Waals surface area contributed by atoms with E-state index in [1.807, 2.05) is 48.5 Å². The Labute approximate surface area is 167 Å². The molecule has 0 amide bonds. The number of rotatable bonds is 4. The summed E-state index contributed by atoms with van der Waals surface area (Å²) in [6.45, 7) is -0.286. The lowest BCUT2D eigenvalue weighted by molar-refractivity contribution is 0.0475. The summed E-state index contributed by atoms with van der Waals surface area (Å²) in [6.07, 6.45) is 5.46. The number of ketones is 1. The van der Waals surface area contributed by atoms with Gasteiger partial charge in [-0.3, -0.25) is 9.78 Å². The number of carbonyl (C=O) groups is 2. The second kappa shape index (κ2) is 7.17. The van der Waals surface area contributed by atoms with Crippen LogP contribution in [-0.2, 0) is 17.6 Å². The van der Waals surface area contributed by atoms with Crippen LogP contribution in [0.25, 0.3) is 21.8 Å². The van der Waals surface area contributed by atoms with Crippen molar-refractivity contribution in [2.45, 2.75) is 25.7 Å². The molecule has 0 aliphatic heterocycles. The van der Waals surface area contributed by atoms with Crippen LogP contribution in [0.5, 0.6) is 0 Å². The van der Waals surface area contributed by atoms with Crippen LogP contribution in [0, 0.1) is 0 Å². The molecule has 0 saturated heterocycles. The summed E-state index contributed by atoms with van der Waals surface area (Å²) in [7, 11) is 0. The third-order valence-electron chi connectivity index (χ3n) is 5.60. The maximum Gasteiger partial charge on any atom is 0.339 e. The van der Waals surface area contributed by atoms with Gasteiger partial charge in [0.1, 0.15) is 0 Å². The fourth-order valence-corrected chi connectivity index (χ4v) is 4.19. The number of benzene rings is 2. The predicted octanol–water partition coefficient (Wildman–Crippen LogP) is 4.63. The molecule has 2 aromatic heterocycles. The highest BCUT2D eigenvalue weighted by Gasteiger charge is 2.24. The van der Waals surface area contributed by atoms with E-state index in [9.17, 15) is 9.59 Å². The summed E-state index contributed by atoms with van der Waals surface area (Å²) in [5.74, 6) is -0.669. The summed E-state index contributed by atoms with van der Waals surface area (Å²) in [6, 6.07) is 15.2. The van der Waals surface area contributed by atoms with Crippen molar-refractivity contribution >= 4 is 33.6 Å². The van der Waals surface area contributed by atoms with Crippen molar-refractivity contribution in [1.29, 1.82) is 0 Å². The Morgan fingerprint density at radius 1 is 0.966 bits per heavy atom. The third kappa shape index (κ3) is 3.09. The summed E-state index contributed by atoms with van der Waals surface area (Å²) in [5.41, 5.74) is 4.73. The minimum atomic E-state index is -0.449. The smallest absolute Gasteiger partial charge is 0.339 e. The van der Waals surface area contributed by atoms with E-state index in [1.165, 1.54) is 0 Å². The highest BCUT2D eigenvalue weighted by Crippen LogP contribution is 2.30. The Kier molecular flexibility index (Phi) is 4.35. The molecule has 0 fully saturated rings. The largest absolute Gasteiger partial charge is 0.454 e. The van der Waals surface area contributed by atoms with Crippen molar-refractivity contribution in [1.82, 2.24) is 9.97 Å². The number of carbonyl (C=O) groups excluding carboxylic acids is 2. The summed E-state index contributed by atoms with van der Waals surface area (Å²) in [5, 5.41) is 1.62. The van der Waals surface area contributed by atoms with Crippen LogP contribution in [0.15, 0.2) is 54.7 Å². The van der Waals surface area contributed by atoms with Crippen molar-refractivity contribution in [2.75, 3.05) is 6.61 Å². The van der Waals surface area contributed by atoms with Crippen molar-refractivity contribution < 1.29 is 14.3 Å². The number of esters is 1. The highest BCUT2D eigenvalue weighted by molar-refractivity contribution is 6.10. The number of H-pyrrole nitrogens is 1. The second-order valence-corrected chi connectivity index (χ2v) is 7.38. The average Bonchev–Trinajstić information content (AvgIpc) is 3.20. The molecule has 0 atom stereocenters. The number of aryl methyl sites for hydroxylation is 1. The van der Waals surface area contributed by atoms with Crippen LogP contribution in [0.3, 0.4) is 0 Å². The van der Waals surface area contributed by atoms with E-state index >= 15 is 0 Å². The molecule has 29 heavy (non-hydrogen) atoms. The number of hydrogen-bond donors (Lipinski definition) is 1. The molecule has 4 aromatic rings. The molecule has 0 unspecified atom stereocenters. The van der Waals surface area contributed by atoms with Crippen LogP contribution in [0.1, 0.15) is 44.8 Å². The standard InChI is InChI=1S/C24H20N2O3/c27-22(18-13-25-19-10-4-1-7-15(18)19)14-29-24(28)23-16-8-2-5-11-20(16)26-21-12-6-3-9-17(21)23/h1-2,4-5,7-8,10-11,13,25H,3,6,9,12,14H2. The van der Waals surface area contributed by atoms with Gasteiger partial charge < -0.3 is 9.72 Å². The molecule has 0 spiro atoms. The molecule has 0 radical (unpaired) electrons. The number of pyridine rings is 1. The first kappa shape index (κ1) is 17.6. The van der Waals surface area contributed by atoms with Gasteiger partial charge in [-0.25, -0.2) is 4.79 Å². The Morgan fingerprint density at radius 3 is 2.62 bits per heavy atom. The molecule has 5 rings (SSSR count). The lowest BCUT2D eigenvalue weighted by atomic mass is 9.90. The van der Waals surface area contributed by atoms with Crippen LogP contribution >= 0.6 is 0 Å². The SMILES string of the molecule is O=C(OCC(=O)c1c[nH]c2ccccc12)c1c2c(nc3ccccc13)CCCC2. The molecular weight excluding hydrogens is 364 g/mol. The highest BCUT2D eigenvalue weighted by atomic mass is 16.5. The molecular formula is C24H20N2O3. The molecule has 2 aromatic carbocycles. The van der Waals surface area contributed by atoms with Gasteiger partial charge in [-0.2, -0.15) is 0 Å². The van der Waals surface area contributed by atoms with Crippen LogP contribution in [0.2, 0.25) is 0 Å². The molecule has 2 heterocycles. The van der Waals surface area contributed by atoms with Gasteiger partial charge in [-0.15, -0.1) is 0 Å². The first-order valence-electron chi connectivity index (χ1n) is 9.89. The minimum Gasteiger partial charge on any atom is -0.454 e. The fourth-order valence-electron chi connectivity index (χ4n) is 4.19. The van der Waals surface area contributed by atoms with Gasteiger partial charge >= 0.3 is 5.97 Å². The maximum absolute atomic E-state index is 13.1. The number of nitrogens with one attached hydrogen (secondary N) is 1. The molecule has 0 saturated carbocycles. The quantitative estimate of drug-likeness (QED) is 0.411. The normalized spacial score (nSPS) is 13.4. The third-order valence-corrected chi connectivity index (χ3v) is 5.60. The number of Topliss-reactive ketones (excluding diaryl/α,β-unsaturated/α-hetero) is 1. The lowest BCUT2D eigenvalue weighted by Gasteiger charge is -2.19. The van der Waals surface area contributed by atoms with Gasteiger partial charge in [0, 0.05) is 33.7 Å². The average molecular weight is 384 g/mol. The molecule has 0 bridgehead atoms. The predicted molar refractivity (Wildman–Crippen MR) is 111 cm³/mol. The Morgan fingerprint density at radius 2 is 1.72 bits per heavy atom. The monoisotopic (exact) mass is 384 g/mol. The molecule has 5 nitrogen and oxygen atoms in total. The van der Waals surface area contributed by atoms with Crippen molar-refractivity contribution in [3.05, 3.63) is 77.1 Å². The van der Waals surface area contributed by atoms with E-state index in [0.29, 0.717) is 11.1 Å². The van der Waals surface area contributed by atoms with E-state index in [4.69, 9.17) is 9.72 Å². The molecule has 144 valence electrons. The first-order valence-corrected chi connectivity index (χ1v) is 9.89. The van der Waals surface area contributed by atoms with E-state index in [1.54, 1.807) is 6.20 Å². The Bertz CT molecular complexity index is 1260. The molecule has 1 N–H and O–H groups in total. The van der Waals surface area contributed by atoms with E-state index in [-0.39, 0.29) is 12.4 Å². The Balaban J connectivity index is 1.45. The summed E-state index contributed by atoms with van der Waals surface area (Å²) in [4.78, 5) is 33.6. The van der Waals surface area contributed by atoms with Gasteiger partial charge in [0.25, 0.3) is 0 Å². The number of ether oxygens (including phenoxy) is 1. The van der Waals surface area contributed by atoms with Crippen LogP contribution in [-0.4, -0.2) is 28.3 Å². The van der Waals surface area contributed by atoms with Crippen LogP contribution in [0.4, 0.5) is 0 Å². The number of para-hydroxylation sites is 2. The van der Waals surface area contributed by atoms with Crippen molar-refractivity contribution in [3.8, 4) is 0 Å². The topological polar surface area (TPSA) is 72.1 Å². The first-order chi connectivity index (χ1) is 14.2. The molecule has 5 heteroatoms. The van der Waals surface area contributed by atoms with Gasteiger partial charge in [0.05, 0.1) is 11.1 Å². The lowest BCUT2D eigenvalue weighted by Crippen LogP contribution is -2.18. The molecule has 1 aliphatic rings. The van der Waals surface area contributed by atoms with Gasteiger partial charge in [0.15, 0.2) is 6.61 Å². The number of aromatic nitrogens is 2. The summed E-state index contributed by atoms with van der Waals surface area (Å²) >= 11 is 0. The van der Waals surface area contributed by atoms with Gasteiger partial charge in [-0.1, -0.05) is 36.4 Å². The number of fused-ring (bicyclic) bond motifs is 3. The van der Waals surface area contributed by atoms with Gasteiger partial charge in [0.2, 0.25) is 5.78 Å². The fraction of sp³-hybridized carbons (Fsp3) is 0.208. The van der Waals surface area contributed by atoms with Crippen LogP contribution < -0.4 is 0 Å². The van der Waals surface area contributed by atoms with E-state index in [0.717, 1.165) is 58.7 Å². The maximum atomic E-state index is 13.1. The van der Waals surface area contributed by atoms with E-state index < -0.39 is 5.97 Å². The zero-order chi connectivity index (χ0) is 19.8. The van der Waals surface area contributed by atoms with Crippen molar-refractivity contribution in [3.63, 3.8) is 0 Å². The molecule has 1 aliphatic carbocycles. The number of hydrogen-bond acceptors (Lipinski definition) is 4. The second-order valence-electron chi connectivity index (χ2n) is 7.38. The zero-order valence-corrected chi connectivity index (χ0v) is 15.9. The number of aromatic amines is 1. The minimum absolute atomic E-state index is 0.219.